The first-order chi connectivity index (χ1) is 15.8. The maximum atomic E-state index is 13.7. The fourth-order valence-electron chi connectivity index (χ4n) is 4.04. The van der Waals surface area contributed by atoms with Gasteiger partial charge in [-0.2, -0.15) is 18.3 Å². The van der Waals surface area contributed by atoms with Gasteiger partial charge in [-0.3, -0.25) is 9.36 Å². The summed E-state index contributed by atoms with van der Waals surface area (Å²) in [5, 5.41) is 7.39. The maximum Gasteiger partial charge on any atom is 0.417 e. The highest BCUT2D eigenvalue weighted by Crippen LogP contribution is 2.34. The number of halogens is 3. The monoisotopic (exact) mass is 449 g/mol. The topological polar surface area (TPSA) is 64.2 Å². The number of benzene rings is 2. The Hall–Kier alpha value is -4.14. The number of pyridine rings is 1. The Balaban J connectivity index is 1.74. The fourth-order valence-corrected chi connectivity index (χ4v) is 4.04. The molecular formula is C24H18F3N5O. The third-order valence-electron chi connectivity index (χ3n) is 5.51. The quantitative estimate of drug-likeness (QED) is 0.408. The van der Waals surface area contributed by atoms with Crippen LogP contribution in [0.25, 0.3) is 22.1 Å². The fraction of sp³-hybridized carbons (Fsp3) is 0.125. The van der Waals surface area contributed by atoms with E-state index in [1.165, 1.54) is 16.7 Å². The van der Waals surface area contributed by atoms with Crippen molar-refractivity contribution in [2.24, 2.45) is 0 Å². The van der Waals surface area contributed by atoms with Gasteiger partial charge in [0.1, 0.15) is 0 Å². The van der Waals surface area contributed by atoms with Crippen LogP contribution in [0.5, 0.6) is 0 Å². The van der Waals surface area contributed by atoms with Crippen LogP contribution in [0.1, 0.15) is 24.2 Å². The van der Waals surface area contributed by atoms with Crippen LogP contribution in [0.2, 0.25) is 0 Å². The molecule has 0 amide bonds. The molecule has 0 radical (unpaired) electrons. The molecule has 1 atom stereocenters. The molecule has 0 bridgehead atoms. The molecule has 6 nitrogen and oxygen atoms in total. The molecule has 166 valence electrons. The zero-order chi connectivity index (χ0) is 23.2. The first-order valence-electron chi connectivity index (χ1n) is 10.2. The summed E-state index contributed by atoms with van der Waals surface area (Å²) in [4.78, 5) is 17.9. The van der Waals surface area contributed by atoms with Crippen LogP contribution in [0.4, 0.5) is 18.9 Å². The van der Waals surface area contributed by atoms with Crippen LogP contribution in [-0.4, -0.2) is 19.2 Å². The Kier molecular flexibility index (Phi) is 4.88. The van der Waals surface area contributed by atoms with Crippen LogP contribution in [-0.2, 0) is 6.18 Å². The Labute approximate surface area is 185 Å². The molecule has 0 spiro atoms. The van der Waals surface area contributed by atoms with Crippen molar-refractivity contribution < 1.29 is 13.2 Å². The molecule has 5 aromatic rings. The summed E-state index contributed by atoms with van der Waals surface area (Å²) >= 11 is 0. The SMILES string of the molecule is CC(Nc1ccnn2ccnc12)c1cc2cccc(C(F)(F)F)c2c(=O)n1-c1ccccc1. The molecule has 33 heavy (non-hydrogen) atoms. The van der Waals surface area contributed by atoms with Crippen LogP contribution >= 0.6 is 0 Å². The molecule has 0 fully saturated rings. The Morgan fingerprint density at radius 1 is 1.00 bits per heavy atom. The van der Waals surface area contributed by atoms with Gasteiger partial charge in [-0.05, 0) is 42.6 Å². The Morgan fingerprint density at radius 2 is 1.79 bits per heavy atom. The Bertz CT molecular complexity index is 1520. The van der Waals surface area contributed by atoms with Crippen molar-refractivity contribution in [2.45, 2.75) is 19.1 Å². The Morgan fingerprint density at radius 3 is 2.55 bits per heavy atom. The van der Waals surface area contributed by atoms with Crippen molar-refractivity contribution in [3.8, 4) is 5.69 Å². The molecule has 0 saturated heterocycles. The summed E-state index contributed by atoms with van der Waals surface area (Å²) in [6.45, 7) is 1.84. The predicted molar refractivity (Wildman–Crippen MR) is 120 cm³/mol. The molecular weight excluding hydrogens is 431 g/mol. The van der Waals surface area contributed by atoms with Crippen molar-refractivity contribution in [1.29, 1.82) is 0 Å². The van der Waals surface area contributed by atoms with Crippen LogP contribution in [0.15, 0.2) is 84.0 Å². The lowest BCUT2D eigenvalue weighted by Gasteiger charge is -2.22. The van der Waals surface area contributed by atoms with Crippen molar-refractivity contribution in [3.63, 3.8) is 0 Å². The average Bonchev–Trinajstić information content (AvgIpc) is 3.28. The van der Waals surface area contributed by atoms with Gasteiger partial charge in [-0.25, -0.2) is 9.50 Å². The molecule has 0 aliphatic rings. The van der Waals surface area contributed by atoms with Gasteiger partial charge >= 0.3 is 6.18 Å². The third-order valence-corrected chi connectivity index (χ3v) is 5.51. The van der Waals surface area contributed by atoms with E-state index in [0.29, 0.717) is 22.7 Å². The van der Waals surface area contributed by atoms with E-state index in [0.717, 1.165) is 6.07 Å². The summed E-state index contributed by atoms with van der Waals surface area (Å²) in [5.74, 6) is 0. The molecule has 5 rings (SSSR count). The summed E-state index contributed by atoms with van der Waals surface area (Å²) in [7, 11) is 0. The normalized spacial score (nSPS) is 12.8. The van der Waals surface area contributed by atoms with Crippen LogP contribution < -0.4 is 10.9 Å². The van der Waals surface area contributed by atoms with E-state index in [1.807, 2.05) is 6.92 Å². The highest BCUT2D eigenvalue weighted by molar-refractivity contribution is 5.86. The number of rotatable bonds is 4. The minimum Gasteiger partial charge on any atom is -0.374 e. The second kappa shape index (κ2) is 7.77. The second-order valence-corrected chi connectivity index (χ2v) is 7.62. The van der Waals surface area contributed by atoms with Gasteiger partial charge in [0.25, 0.3) is 5.56 Å². The third kappa shape index (κ3) is 3.61. The van der Waals surface area contributed by atoms with E-state index < -0.39 is 23.3 Å². The molecule has 1 unspecified atom stereocenters. The minimum absolute atomic E-state index is 0.228. The largest absolute Gasteiger partial charge is 0.417 e. The van der Waals surface area contributed by atoms with Crippen molar-refractivity contribution in [3.05, 3.63) is 101 Å². The van der Waals surface area contributed by atoms with E-state index in [-0.39, 0.29) is 10.8 Å². The van der Waals surface area contributed by atoms with Crippen molar-refractivity contribution >= 4 is 22.1 Å². The number of hydrogen-bond donors (Lipinski definition) is 1. The lowest BCUT2D eigenvalue weighted by atomic mass is 10.0. The minimum atomic E-state index is -4.65. The highest BCUT2D eigenvalue weighted by atomic mass is 19.4. The lowest BCUT2D eigenvalue weighted by molar-refractivity contribution is -0.136. The van der Waals surface area contributed by atoms with Gasteiger partial charge in [0.15, 0.2) is 5.65 Å². The smallest absolute Gasteiger partial charge is 0.374 e. The summed E-state index contributed by atoms with van der Waals surface area (Å²) in [6.07, 6.45) is 0.290. The van der Waals surface area contributed by atoms with Crippen LogP contribution in [0, 0.1) is 0 Å². The molecule has 3 heterocycles. The van der Waals surface area contributed by atoms with Gasteiger partial charge < -0.3 is 5.32 Å². The number of para-hydroxylation sites is 1. The van der Waals surface area contributed by atoms with Gasteiger partial charge in [0.05, 0.1) is 28.9 Å². The van der Waals surface area contributed by atoms with Crippen LogP contribution in [0.3, 0.4) is 0 Å². The number of fused-ring (bicyclic) bond motifs is 2. The number of alkyl halides is 3. The van der Waals surface area contributed by atoms with Gasteiger partial charge in [0.2, 0.25) is 0 Å². The zero-order valence-electron chi connectivity index (χ0n) is 17.4. The molecule has 3 aromatic heterocycles. The maximum absolute atomic E-state index is 13.7. The van der Waals surface area contributed by atoms with Gasteiger partial charge in [-0.1, -0.05) is 30.3 Å². The molecule has 1 N–H and O–H groups in total. The van der Waals surface area contributed by atoms with Gasteiger partial charge in [0, 0.05) is 23.8 Å². The molecule has 9 heteroatoms. The lowest BCUT2D eigenvalue weighted by Crippen LogP contribution is -2.27. The first-order valence-corrected chi connectivity index (χ1v) is 10.2. The molecule has 0 aliphatic carbocycles. The first kappa shape index (κ1) is 20.7. The van der Waals surface area contributed by atoms with Gasteiger partial charge in [-0.15, -0.1) is 0 Å². The predicted octanol–water partition coefficient (Wildman–Crippen LogP) is 5.23. The van der Waals surface area contributed by atoms with E-state index in [2.05, 4.69) is 15.4 Å². The number of anilines is 1. The van der Waals surface area contributed by atoms with E-state index in [9.17, 15) is 18.0 Å². The van der Waals surface area contributed by atoms with E-state index >= 15 is 0 Å². The number of nitrogens with one attached hydrogen (secondary N) is 1. The standard InChI is InChI=1S/C24H18F3N5O/c1-15(30-19-10-11-29-31-13-12-28-22(19)31)20-14-16-6-5-9-18(24(25,26)27)21(16)23(33)32(20)17-7-3-2-4-8-17/h2-15,30H,1H3. The summed E-state index contributed by atoms with van der Waals surface area (Å²) in [6, 6.07) is 15.4. The van der Waals surface area contributed by atoms with Crippen molar-refractivity contribution in [2.75, 3.05) is 5.32 Å². The number of aromatic nitrogens is 4. The molecule has 0 aliphatic heterocycles. The van der Waals surface area contributed by atoms with Crippen molar-refractivity contribution in [1.82, 2.24) is 19.2 Å². The highest BCUT2D eigenvalue weighted by Gasteiger charge is 2.34. The number of hydrogen-bond acceptors (Lipinski definition) is 4. The molecule has 0 saturated carbocycles. The van der Waals surface area contributed by atoms with E-state index in [4.69, 9.17) is 0 Å². The second-order valence-electron chi connectivity index (χ2n) is 7.62. The molecule has 2 aromatic carbocycles. The zero-order valence-corrected chi connectivity index (χ0v) is 17.4. The van der Waals surface area contributed by atoms with E-state index in [1.54, 1.807) is 65.6 Å². The average molecular weight is 449 g/mol. The summed E-state index contributed by atoms with van der Waals surface area (Å²) < 4.78 is 44.1. The number of nitrogens with zero attached hydrogens (tertiary/aromatic N) is 4. The summed E-state index contributed by atoms with van der Waals surface area (Å²) in [5.41, 5.74) is 0.591. The number of imidazole rings is 1.